The normalized spacial score (nSPS) is 21.2. The molecule has 3 rings (SSSR count). The molecule has 136 valence electrons. The fourth-order valence-corrected chi connectivity index (χ4v) is 4.09. The molecule has 2 fully saturated rings. The number of likely N-dealkylation sites (tertiary alicyclic amines) is 1. The lowest BCUT2D eigenvalue weighted by Crippen LogP contribution is -2.45. The average Bonchev–Trinajstić information content (AvgIpc) is 2.62. The lowest BCUT2D eigenvalue weighted by atomic mass is 9.97. The molecule has 0 saturated carbocycles. The maximum Gasteiger partial charge on any atom is 0.255 e. The van der Waals surface area contributed by atoms with Gasteiger partial charge in [0.15, 0.2) is 0 Å². The Morgan fingerprint density at radius 1 is 1.08 bits per heavy atom. The Morgan fingerprint density at radius 3 is 2.52 bits per heavy atom. The average molecular weight is 364 g/mol. The summed E-state index contributed by atoms with van der Waals surface area (Å²) in [4.78, 5) is 28.6. The van der Waals surface area contributed by atoms with Gasteiger partial charge < -0.3 is 15.5 Å². The van der Waals surface area contributed by atoms with Gasteiger partial charge in [-0.1, -0.05) is 11.6 Å². The summed E-state index contributed by atoms with van der Waals surface area (Å²) in [7, 11) is 0. The van der Waals surface area contributed by atoms with Gasteiger partial charge in [0, 0.05) is 37.8 Å². The molecule has 1 aromatic carbocycles. The zero-order chi connectivity index (χ0) is 17.8. The highest BCUT2D eigenvalue weighted by molar-refractivity contribution is 6.34. The predicted molar refractivity (Wildman–Crippen MR) is 100 cm³/mol. The van der Waals surface area contributed by atoms with Gasteiger partial charge >= 0.3 is 0 Å². The summed E-state index contributed by atoms with van der Waals surface area (Å²) in [6.07, 6.45) is 6.62. The van der Waals surface area contributed by atoms with Gasteiger partial charge in [0.1, 0.15) is 0 Å². The van der Waals surface area contributed by atoms with Gasteiger partial charge in [0.25, 0.3) is 5.91 Å². The number of carbonyl (C=O) groups is 2. The highest BCUT2D eigenvalue weighted by Gasteiger charge is 2.30. The van der Waals surface area contributed by atoms with Crippen LogP contribution in [0, 0.1) is 0 Å². The van der Waals surface area contributed by atoms with E-state index < -0.39 is 0 Å². The Labute approximate surface area is 154 Å². The van der Waals surface area contributed by atoms with Crippen molar-refractivity contribution in [2.45, 2.75) is 51.0 Å². The zero-order valence-corrected chi connectivity index (χ0v) is 15.3. The molecule has 2 amide bonds. The molecule has 5 nitrogen and oxygen atoms in total. The van der Waals surface area contributed by atoms with Crippen LogP contribution in [0.2, 0.25) is 5.02 Å². The topological polar surface area (TPSA) is 66.6 Å². The molecule has 2 aliphatic rings. The summed E-state index contributed by atoms with van der Waals surface area (Å²) >= 11 is 6.35. The van der Waals surface area contributed by atoms with Crippen molar-refractivity contribution in [3.05, 3.63) is 28.8 Å². The van der Waals surface area contributed by atoms with Gasteiger partial charge in [-0.25, -0.2) is 0 Å². The first-order valence-corrected chi connectivity index (χ1v) is 9.58. The Balaban J connectivity index is 1.83. The maximum absolute atomic E-state index is 13.1. The number of halogens is 1. The van der Waals surface area contributed by atoms with Crippen LogP contribution in [0.25, 0.3) is 0 Å². The molecule has 0 bridgehead atoms. The molecule has 25 heavy (non-hydrogen) atoms. The molecule has 0 radical (unpaired) electrons. The van der Waals surface area contributed by atoms with E-state index in [9.17, 15) is 9.59 Å². The number of carbonyl (C=O) groups excluding carboxylic acids is 2. The smallest absolute Gasteiger partial charge is 0.255 e. The van der Waals surface area contributed by atoms with Crippen molar-refractivity contribution in [3.8, 4) is 0 Å². The van der Waals surface area contributed by atoms with E-state index >= 15 is 0 Å². The summed E-state index contributed by atoms with van der Waals surface area (Å²) in [6.45, 7) is 2.69. The summed E-state index contributed by atoms with van der Waals surface area (Å²) in [5, 5.41) is 0.467. The first-order chi connectivity index (χ1) is 12.1. The summed E-state index contributed by atoms with van der Waals surface area (Å²) in [5.41, 5.74) is 6.95. The number of rotatable bonds is 4. The fourth-order valence-electron chi connectivity index (χ4n) is 3.89. The van der Waals surface area contributed by atoms with Crippen molar-refractivity contribution in [2.75, 3.05) is 24.5 Å². The molecule has 2 saturated heterocycles. The molecule has 1 atom stereocenters. The predicted octanol–water partition coefficient (Wildman–Crippen LogP) is 3.20. The van der Waals surface area contributed by atoms with Crippen LogP contribution in [-0.4, -0.2) is 42.4 Å². The highest BCUT2D eigenvalue weighted by atomic mass is 35.5. The van der Waals surface area contributed by atoms with Crippen LogP contribution in [0.15, 0.2) is 18.2 Å². The lowest BCUT2D eigenvalue weighted by Gasteiger charge is -2.36. The van der Waals surface area contributed by atoms with E-state index in [0.717, 1.165) is 38.0 Å². The van der Waals surface area contributed by atoms with Crippen LogP contribution in [-0.2, 0) is 4.79 Å². The molecule has 2 N–H and O–H groups in total. The minimum atomic E-state index is -0.363. The van der Waals surface area contributed by atoms with Crippen molar-refractivity contribution < 1.29 is 9.59 Å². The summed E-state index contributed by atoms with van der Waals surface area (Å²) in [6, 6.07) is 5.59. The number of nitrogens with zero attached hydrogens (tertiary/aromatic N) is 2. The van der Waals surface area contributed by atoms with E-state index in [1.807, 2.05) is 18.2 Å². The molecular weight excluding hydrogens is 338 g/mol. The Morgan fingerprint density at radius 2 is 1.80 bits per heavy atom. The van der Waals surface area contributed by atoms with Crippen molar-refractivity contribution in [3.63, 3.8) is 0 Å². The third kappa shape index (κ3) is 4.27. The Kier molecular flexibility index (Phi) is 5.84. The third-order valence-electron chi connectivity index (χ3n) is 5.23. The van der Waals surface area contributed by atoms with Crippen molar-refractivity contribution in [1.29, 1.82) is 0 Å². The molecule has 0 aromatic heterocycles. The van der Waals surface area contributed by atoms with Gasteiger partial charge in [0.2, 0.25) is 5.91 Å². The largest absolute Gasteiger partial charge is 0.372 e. The van der Waals surface area contributed by atoms with Crippen LogP contribution >= 0.6 is 11.6 Å². The van der Waals surface area contributed by atoms with Gasteiger partial charge in [0.05, 0.1) is 10.6 Å². The van der Waals surface area contributed by atoms with Gasteiger partial charge in [-0.15, -0.1) is 0 Å². The molecule has 2 heterocycles. The second-order valence-corrected chi connectivity index (χ2v) is 7.44. The third-order valence-corrected chi connectivity index (χ3v) is 5.56. The minimum Gasteiger partial charge on any atom is -0.372 e. The van der Waals surface area contributed by atoms with E-state index in [1.165, 1.54) is 19.3 Å². The number of anilines is 1. The van der Waals surface area contributed by atoms with Gasteiger partial charge in [-0.05, 0) is 56.7 Å². The van der Waals surface area contributed by atoms with Gasteiger partial charge in [-0.3, -0.25) is 9.59 Å². The second-order valence-electron chi connectivity index (χ2n) is 7.03. The van der Waals surface area contributed by atoms with E-state index in [1.54, 1.807) is 4.90 Å². The number of hydrogen-bond donors (Lipinski definition) is 1. The molecule has 1 unspecified atom stereocenters. The van der Waals surface area contributed by atoms with Crippen LogP contribution in [0.1, 0.15) is 55.3 Å². The summed E-state index contributed by atoms with van der Waals surface area (Å²) < 4.78 is 0. The minimum absolute atomic E-state index is 0.0881. The standard InChI is InChI=1S/C19H26ClN3O2/c20-17-8-7-14(22-9-3-1-4-10-22)12-16(17)19(25)23-11-5-2-6-15(23)13-18(21)24/h7-8,12,15H,1-6,9-11,13H2,(H2,21,24). The first kappa shape index (κ1) is 18.1. The monoisotopic (exact) mass is 363 g/mol. The van der Waals surface area contributed by atoms with E-state index in [0.29, 0.717) is 17.1 Å². The highest BCUT2D eigenvalue weighted by Crippen LogP contribution is 2.29. The maximum atomic E-state index is 13.1. The zero-order valence-electron chi connectivity index (χ0n) is 14.5. The molecule has 2 aliphatic heterocycles. The fraction of sp³-hybridized carbons (Fsp3) is 0.579. The van der Waals surface area contributed by atoms with E-state index in [-0.39, 0.29) is 24.3 Å². The summed E-state index contributed by atoms with van der Waals surface area (Å²) in [5.74, 6) is -0.451. The number of hydrogen-bond acceptors (Lipinski definition) is 3. The number of benzene rings is 1. The number of piperidine rings is 2. The second kappa shape index (κ2) is 8.09. The molecular formula is C19H26ClN3O2. The number of nitrogens with two attached hydrogens (primary N) is 1. The van der Waals surface area contributed by atoms with E-state index in [2.05, 4.69) is 4.90 Å². The molecule has 6 heteroatoms. The Hall–Kier alpha value is -1.75. The van der Waals surface area contributed by atoms with E-state index in [4.69, 9.17) is 17.3 Å². The van der Waals surface area contributed by atoms with Crippen LogP contribution in [0.4, 0.5) is 5.69 Å². The van der Waals surface area contributed by atoms with Crippen molar-refractivity contribution in [2.24, 2.45) is 5.73 Å². The Bertz CT molecular complexity index is 644. The molecule has 0 spiro atoms. The lowest BCUT2D eigenvalue weighted by molar-refractivity contribution is -0.119. The van der Waals surface area contributed by atoms with Crippen LogP contribution < -0.4 is 10.6 Å². The first-order valence-electron chi connectivity index (χ1n) is 9.20. The quantitative estimate of drug-likeness (QED) is 0.893. The SMILES string of the molecule is NC(=O)CC1CCCCN1C(=O)c1cc(N2CCCCC2)ccc1Cl. The molecule has 0 aliphatic carbocycles. The van der Waals surface area contributed by atoms with Crippen LogP contribution in [0.3, 0.4) is 0 Å². The number of amides is 2. The van der Waals surface area contributed by atoms with Crippen molar-refractivity contribution in [1.82, 2.24) is 4.90 Å². The van der Waals surface area contributed by atoms with Gasteiger partial charge in [-0.2, -0.15) is 0 Å². The van der Waals surface area contributed by atoms with Crippen molar-refractivity contribution >= 4 is 29.1 Å². The van der Waals surface area contributed by atoms with Crippen LogP contribution in [0.5, 0.6) is 0 Å². The molecule has 1 aromatic rings. The number of primary amides is 1.